The summed E-state index contributed by atoms with van der Waals surface area (Å²) in [6.07, 6.45) is 4.07. The van der Waals surface area contributed by atoms with Gasteiger partial charge in [0.1, 0.15) is 5.45 Å². The van der Waals surface area contributed by atoms with Crippen LogP contribution in [0.1, 0.15) is 0 Å². The maximum Gasteiger partial charge on any atom is 0.226 e. The molecule has 0 saturated carbocycles. The molecule has 0 aliphatic heterocycles. The molecule has 0 fully saturated rings. The summed E-state index contributed by atoms with van der Waals surface area (Å²) in [4.78, 5) is 10.7. The zero-order valence-corrected chi connectivity index (χ0v) is 32.1. The van der Waals surface area contributed by atoms with Gasteiger partial charge in [-0.25, -0.2) is 9.97 Å². The number of hydrogen-bond acceptors (Lipinski definition) is 2. The van der Waals surface area contributed by atoms with Gasteiger partial charge in [0.05, 0.1) is 27.8 Å². The third-order valence-electron chi connectivity index (χ3n) is 11.6. The molecule has 0 N–H and O–H groups in total. The van der Waals surface area contributed by atoms with Gasteiger partial charge in [0, 0.05) is 50.8 Å². The molecule has 11 aromatic rings. The Balaban J connectivity index is 1.09. The predicted molar refractivity (Wildman–Crippen MR) is 240 cm³/mol. The van der Waals surface area contributed by atoms with Crippen LogP contribution < -0.4 is 21.0 Å². The lowest BCUT2D eigenvalue weighted by atomic mass is 10.1. The molecule has 0 aliphatic rings. The Morgan fingerprint density at radius 1 is 0.351 bits per heavy atom. The van der Waals surface area contributed by atoms with Crippen molar-refractivity contribution < 1.29 is 0 Å². The molecule has 0 atom stereocenters. The highest BCUT2D eigenvalue weighted by atomic mass is 28.3. The van der Waals surface area contributed by atoms with Crippen molar-refractivity contribution in [3.05, 3.63) is 219 Å². The summed E-state index contributed by atoms with van der Waals surface area (Å²) >= 11 is 0. The van der Waals surface area contributed by atoms with Crippen LogP contribution in [0.15, 0.2) is 219 Å². The molecule has 0 unspecified atom stereocenters. The summed E-state index contributed by atoms with van der Waals surface area (Å²) in [7, 11) is -2.86. The van der Waals surface area contributed by atoms with Crippen LogP contribution in [0, 0.1) is 0 Å². The van der Waals surface area contributed by atoms with Crippen molar-refractivity contribution in [3.63, 3.8) is 0 Å². The molecule has 0 aliphatic carbocycles. The van der Waals surface area contributed by atoms with Gasteiger partial charge in [-0.1, -0.05) is 164 Å². The number of hydrogen-bond donors (Lipinski definition) is 0. The Morgan fingerprint density at radius 3 is 1.32 bits per heavy atom. The SMILES string of the molecule is c1ccc([Si](c2ccccc2)(c2ccccc2)c2ncc(-c3ccccc3-n3c4ccccc4c4cc(-n5c6ccccc6c6ccccc65)ccc43)cn2)cc1. The molecule has 0 radical (unpaired) electrons. The summed E-state index contributed by atoms with van der Waals surface area (Å²) in [6.45, 7) is 0. The van der Waals surface area contributed by atoms with Crippen LogP contribution >= 0.6 is 0 Å². The van der Waals surface area contributed by atoms with Gasteiger partial charge in [-0.15, -0.1) is 0 Å². The summed E-state index contributed by atoms with van der Waals surface area (Å²) in [5, 5.41) is 8.68. The van der Waals surface area contributed by atoms with Gasteiger partial charge in [0.2, 0.25) is 8.07 Å². The Morgan fingerprint density at radius 2 is 0.772 bits per heavy atom. The van der Waals surface area contributed by atoms with Crippen molar-refractivity contribution in [1.29, 1.82) is 0 Å². The highest BCUT2D eigenvalue weighted by Crippen LogP contribution is 2.38. The van der Waals surface area contributed by atoms with Gasteiger partial charge < -0.3 is 9.13 Å². The van der Waals surface area contributed by atoms with E-state index >= 15 is 0 Å². The first-order valence-electron chi connectivity index (χ1n) is 19.4. The minimum Gasteiger partial charge on any atom is -0.309 e. The average molecular weight is 745 g/mol. The average Bonchev–Trinajstić information content (AvgIpc) is 3.81. The molecule has 0 bridgehead atoms. The third kappa shape index (κ3) is 5.13. The minimum absolute atomic E-state index is 0.863. The number of rotatable bonds is 7. The van der Waals surface area contributed by atoms with Gasteiger partial charge in [-0.2, -0.15) is 0 Å². The number of nitrogens with zero attached hydrogens (tertiary/aromatic N) is 4. The van der Waals surface area contributed by atoms with Crippen molar-refractivity contribution in [3.8, 4) is 22.5 Å². The Labute approximate surface area is 331 Å². The molecule has 4 nitrogen and oxygen atoms in total. The quantitative estimate of drug-likeness (QED) is 0.120. The standard InChI is InChI=1S/C52H36N4Si/c1-4-18-39(19-5-1)57(40-20-6-2-7-21-40,41-22-8-3-9-23-41)52-53-35-37(36-54-52)42-24-10-14-28-47(42)56-50-31-17-13-27-45(50)46-34-38(32-33-51(46)56)55-48-29-15-11-25-43(48)44-26-12-16-30-49(44)55/h1-36H. The monoisotopic (exact) mass is 744 g/mol. The molecule has 5 heteroatoms. The second-order valence-corrected chi connectivity index (χ2v) is 18.3. The highest BCUT2D eigenvalue weighted by molar-refractivity contribution is 7.19. The molecule has 11 rings (SSSR count). The van der Waals surface area contributed by atoms with Crippen molar-refractivity contribution >= 4 is 72.7 Å². The first kappa shape index (κ1) is 33.0. The molecular formula is C52H36N4Si. The van der Waals surface area contributed by atoms with E-state index in [-0.39, 0.29) is 0 Å². The van der Waals surface area contributed by atoms with Gasteiger partial charge in [-0.3, -0.25) is 0 Å². The van der Waals surface area contributed by atoms with Crippen LogP contribution in [0.3, 0.4) is 0 Å². The van der Waals surface area contributed by atoms with Gasteiger partial charge in [-0.05, 0) is 58.0 Å². The van der Waals surface area contributed by atoms with Crippen LogP contribution in [0.4, 0.5) is 0 Å². The van der Waals surface area contributed by atoms with E-state index in [2.05, 4.69) is 215 Å². The number of benzene rings is 8. The maximum atomic E-state index is 5.33. The summed E-state index contributed by atoms with van der Waals surface area (Å²) in [5.41, 5.74) is 9.84. The third-order valence-corrected chi connectivity index (χ3v) is 16.1. The van der Waals surface area contributed by atoms with Gasteiger partial charge in [0.25, 0.3) is 0 Å². The van der Waals surface area contributed by atoms with E-state index in [1.165, 1.54) is 48.1 Å². The van der Waals surface area contributed by atoms with Crippen LogP contribution in [-0.4, -0.2) is 27.2 Å². The van der Waals surface area contributed by atoms with E-state index in [0.717, 1.165) is 39.0 Å². The van der Waals surface area contributed by atoms with Gasteiger partial charge >= 0.3 is 0 Å². The fraction of sp³-hybridized carbons (Fsp3) is 0. The van der Waals surface area contributed by atoms with Crippen LogP contribution in [-0.2, 0) is 0 Å². The highest BCUT2D eigenvalue weighted by Gasteiger charge is 2.44. The normalized spacial score (nSPS) is 11.9. The van der Waals surface area contributed by atoms with Gasteiger partial charge in [0.15, 0.2) is 0 Å². The lowest BCUT2D eigenvalue weighted by Crippen LogP contribution is -2.76. The summed E-state index contributed by atoms with van der Waals surface area (Å²) in [5.74, 6) is 0. The van der Waals surface area contributed by atoms with E-state index in [9.17, 15) is 0 Å². The van der Waals surface area contributed by atoms with E-state index in [0.29, 0.717) is 0 Å². The lowest BCUT2D eigenvalue weighted by Gasteiger charge is -2.32. The first-order chi connectivity index (χ1) is 28.3. The van der Waals surface area contributed by atoms with Crippen molar-refractivity contribution in [2.45, 2.75) is 0 Å². The predicted octanol–water partition coefficient (Wildman–Crippen LogP) is 9.72. The molecule has 8 aromatic carbocycles. The number of aromatic nitrogens is 4. The van der Waals surface area contributed by atoms with Crippen LogP contribution in [0.5, 0.6) is 0 Å². The molecule has 57 heavy (non-hydrogen) atoms. The smallest absolute Gasteiger partial charge is 0.226 e. The molecule has 3 aromatic heterocycles. The largest absolute Gasteiger partial charge is 0.309 e. The minimum atomic E-state index is -2.86. The second-order valence-electron chi connectivity index (χ2n) is 14.6. The number of fused-ring (bicyclic) bond motifs is 6. The van der Waals surface area contributed by atoms with Crippen molar-refractivity contribution in [2.24, 2.45) is 0 Å². The Kier molecular flexibility index (Phi) is 7.79. The Bertz CT molecular complexity index is 3070. The molecule has 0 amide bonds. The Hall–Kier alpha value is -7.34. The van der Waals surface area contributed by atoms with Crippen molar-refractivity contribution in [1.82, 2.24) is 19.1 Å². The fourth-order valence-corrected chi connectivity index (χ4v) is 13.5. The first-order valence-corrected chi connectivity index (χ1v) is 21.4. The molecule has 0 saturated heterocycles. The number of para-hydroxylation sites is 4. The van der Waals surface area contributed by atoms with Crippen LogP contribution in [0.2, 0.25) is 0 Å². The molecular weight excluding hydrogens is 709 g/mol. The maximum absolute atomic E-state index is 5.33. The zero-order chi connectivity index (χ0) is 37.8. The van der Waals surface area contributed by atoms with E-state index in [4.69, 9.17) is 9.97 Å². The fourth-order valence-electron chi connectivity index (χ4n) is 9.09. The molecule has 0 spiro atoms. The lowest BCUT2D eigenvalue weighted by molar-refractivity contribution is 1.16. The summed E-state index contributed by atoms with van der Waals surface area (Å²) < 4.78 is 4.80. The molecule has 268 valence electrons. The summed E-state index contributed by atoms with van der Waals surface area (Å²) in [6, 6.07) is 74.2. The van der Waals surface area contributed by atoms with E-state index < -0.39 is 8.07 Å². The van der Waals surface area contributed by atoms with E-state index in [1.807, 2.05) is 12.4 Å². The topological polar surface area (TPSA) is 35.6 Å². The van der Waals surface area contributed by atoms with Crippen LogP contribution in [0.25, 0.3) is 66.1 Å². The van der Waals surface area contributed by atoms with Crippen molar-refractivity contribution in [2.75, 3.05) is 0 Å². The molecule has 3 heterocycles. The second kappa shape index (κ2) is 13.4. The van der Waals surface area contributed by atoms with E-state index in [1.54, 1.807) is 0 Å². The zero-order valence-electron chi connectivity index (χ0n) is 31.1.